The van der Waals surface area contributed by atoms with Gasteiger partial charge >= 0.3 is 0 Å². The van der Waals surface area contributed by atoms with Gasteiger partial charge in [-0.05, 0) is 55.2 Å². The molecule has 1 N–H and O–H groups in total. The van der Waals surface area contributed by atoms with Gasteiger partial charge in [0.2, 0.25) is 5.91 Å². The molecule has 0 saturated heterocycles. The molecule has 0 radical (unpaired) electrons. The monoisotopic (exact) mass is 436 g/mol. The van der Waals surface area contributed by atoms with Gasteiger partial charge in [0, 0.05) is 13.1 Å². The number of hydrogen-bond donors (Lipinski definition) is 1. The van der Waals surface area contributed by atoms with Gasteiger partial charge in [0.25, 0.3) is 10.0 Å². The second kappa shape index (κ2) is 10.3. The van der Waals surface area contributed by atoms with Crippen LogP contribution < -0.4 is 9.62 Å². The Morgan fingerprint density at radius 2 is 1.45 bits per heavy atom. The Hall–Kier alpha value is -3.12. The fourth-order valence-electron chi connectivity index (χ4n) is 3.32. The van der Waals surface area contributed by atoms with E-state index in [-0.39, 0.29) is 23.3 Å². The van der Waals surface area contributed by atoms with Gasteiger partial charge in [-0.2, -0.15) is 0 Å². The van der Waals surface area contributed by atoms with E-state index in [1.807, 2.05) is 25.1 Å². The quantitative estimate of drug-likeness (QED) is 0.547. The van der Waals surface area contributed by atoms with E-state index in [0.717, 1.165) is 18.4 Å². The van der Waals surface area contributed by atoms with Crippen LogP contribution in [0.15, 0.2) is 89.8 Å². The summed E-state index contributed by atoms with van der Waals surface area (Å²) in [5.41, 5.74) is 2.64. The minimum atomic E-state index is -3.62. The lowest BCUT2D eigenvalue weighted by atomic mass is 10.1. The van der Waals surface area contributed by atoms with Crippen LogP contribution in [0.5, 0.6) is 0 Å². The van der Waals surface area contributed by atoms with Gasteiger partial charge in [0.05, 0.1) is 17.0 Å². The number of benzene rings is 3. The normalized spacial score (nSPS) is 12.2. The lowest BCUT2D eigenvalue weighted by molar-refractivity contribution is -0.121. The van der Waals surface area contributed by atoms with E-state index in [4.69, 9.17) is 0 Å². The zero-order valence-corrected chi connectivity index (χ0v) is 18.7. The summed E-state index contributed by atoms with van der Waals surface area (Å²) in [5, 5.41) is 3.04. The molecule has 0 aliphatic heterocycles. The van der Waals surface area contributed by atoms with Crippen LogP contribution in [0.1, 0.15) is 24.5 Å². The number of nitrogens with zero attached hydrogens (tertiary/aromatic N) is 1. The molecule has 1 amide bonds. The Morgan fingerprint density at radius 1 is 0.871 bits per heavy atom. The van der Waals surface area contributed by atoms with Crippen molar-refractivity contribution < 1.29 is 13.2 Å². The van der Waals surface area contributed by atoms with Gasteiger partial charge in [-0.25, -0.2) is 8.42 Å². The molecule has 6 heteroatoms. The van der Waals surface area contributed by atoms with Gasteiger partial charge < -0.3 is 5.32 Å². The number of amides is 1. The summed E-state index contributed by atoms with van der Waals surface area (Å²) >= 11 is 0. The highest BCUT2D eigenvalue weighted by atomic mass is 32.2. The first-order valence-electron chi connectivity index (χ1n) is 10.3. The first kappa shape index (κ1) is 22.6. The smallest absolute Gasteiger partial charge is 0.264 e. The highest BCUT2D eigenvalue weighted by Gasteiger charge is 2.20. The maximum atomic E-state index is 12.7. The highest BCUT2D eigenvalue weighted by molar-refractivity contribution is 7.92. The van der Waals surface area contributed by atoms with Crippen molar-refractivity contribution in [2.75, 3.05) is 11.4 Å². The van der Waals surface area contributed by atoms with Crippen molar-refractivity contribution in [3.05, 3.63) is 96.1 Å². The van der Waals surface area contributed by atoms with Crippen LogP contribution in [-0.4, -0.2) is 27.4 Å². The Kier molecular flexibility index (Phi) is 7.47. The molecule has 0 bridgehead atoms. The summed E-state index contributed by atoms with van der Waals surface area (Å²) < 4.78 is 26.7. The molecule has 5 nitrogen and oxygen atoms in total. The SMILES string of the molecule is C[C@H](CCc1ccccc1)NC(=O)Cc1ccc(N(C)S(=O)(=O)c2ccccc2)cc1. The summed E-state index contributed by atoms with van der Waals surface area (Å²) in [6.07, 6.45) is 2.04. The summed E-state index contributed by atoms with van der Waals surface area (Å²) in [7, 11) is -2.09. The molecular weight excluding hydrogens is 408 g/mol. The van der Waals surface area contributed by atoms with E-state index < -0.39 is 10.0 Å². The molecule has 0 aromatic heterocycles. The molecule has 0 aliphatic rings. The van der Waals surface area contributed by atoms with Crippen LogP contribution in [0.4, 0.5) is 5.69 Å². The van der Waals surface area contributed by atoms with E-state index in [1.54, 1.807) is 54.6 Å². The first-order valence-corrected chi connectivity index (χ1v) is 11.8. The van der Waals surface area contributed by atoms with Crippen LogP contribution in [0, 0.1) is 0 Å². The molecule has 0 saturated carbocycles. The summed E-state index contributed by atoms with van der Waals surface area (Å²) in [5.74, 6) is -0.0430. The zero-order valence-electron chi connectivity index (χ0n) is 17.9. The maximum Gasteiger partial charge on any atom is 0.264 e. The van der Waals surface area contributed by atoms with E-state index in [2.05, 4.69) is 17.4 Å². The minimum Gasteiger partial charge on any atom is -0.353 e. The largest absolute Gasteiger partial charge is 0.353 e. The van der Waals surface area contributed by atoms with Crippen LogP contribution in [0.3, 0.4) is 0 Å². The number of anilines is 1. The number of nitrogens with one attached hydrogen (secondary N) is 1. The lowest BCUT2D eigenvalue weighted by Gasteiger charge is -2.20. The van der Waals surface area contributed by atoms with Crippen molar-refractivity contribution in [2.24, 2.45) is 0 Å². The highest BCUT2D eigenvalue weighted by Crippen LogP contribution is 2.22. The van der Waals surface area contributed by atoms with Crippen LogP contribution >= 0.6 is 0 Å². The molecule has 0 aliphatic carbocycles. The molecule has 3 rings (SSSR count). The molecule has 1 atom stereocenters. The number of hydrogen-bond acceptors (Lipinski definition) is 3. The van der Waals surface area contributed by atoms with Crippen LogP contribution in [0.25, 0.3) is 0 Å². The Bertz CT molecular complexity index is 1080. The topological polar surface area (TPSA) is 66.5 Å². The molecule has 3 aromatic carbocycles. The molecule has 0 fully saturated rings. The first-order chi connectivity index (χ1) is 14.9. The van der Waals surface area contributed by atoms with Gasteiger partial charge in [-0.15, -0.1) is 0 Å². The molecule has 0 unspecified atom stereocenters. The molecule has 162 valence electrons. The summed E-state index contributed by atoms with van der Waals surface area (Å²) in [6, 6.07) is 25.6. The van der Waals surface area contributed by atoms with Crippen molar-refractivity contribution in [3.63, 3.8) is 0 Å². The summed E-state index contributed by atoms with van der Waals surface area (Å²) in [4.78, 5) is 12.6. The average molecular weight is 437 g/mol. The third kappa shape index (κ3) is 6.18. The summed E-state index contributed by atoms with van der Waals surface area (Å²) in [6.45, 7) is 2.01. The van der Waals surface area contributed by atoms with Gasteiger partial charge in [-0.3, -0.25) is 9.10 Å². The number of sulfonamides is 1. The van der Waals surface area contributed by atoms with Crippen molar-refractivity contribution in [1.82, 2.24) is 5.32 Å². The standard InChI is InChI=1S/C25H28N2O3S/c1-20(13-14-21-9-5-3-6-10-21)26-25(28)19-22-15-17-23(18-16-22)27(2)31(29,30)24-11-7-4-8-12-24/h3-12,15-18,20H,13-14,19H2,1-2H3,(H,26,28)/t20-/m1/s1. The van der Waals surface area contributed by atoms with Crippen LogP contribution in [-0.2, 0) is 27.7 Å². The fourth-order valence-corrected chi connectivity index (χ4v) is 4.54. The predicted molar refractivity (Wildman–Crippen MR) is 125 cm³/mol. The molecular formula is C25H28N2O3S. The van der Waals surface area contributed by atoms with Gasteiger partial charge in [-0.1, -0.05) is 60.7 Å². The van der Waals surface area contributed by atoms with Crippen molar-refractivity contribution in [2.45, 2.75) is 37.1 Å². The average Bonchev–Trinajstić information content (AvgIpc) is 2.79. The number of aryl methyl sites for hydroxylation is 1. The molecule has 0 heterocycles. The maximum absolute atomic E-state index is 12.7. The van der Waals surface area contributed by atoms with E-state index in [9.17, 15) is 13.2 Å². The van der Waals surface area contributed by atoms with E-state index >= 15 is 0 Å². The second-order valence-electron chi connectivity index (χ2n) is 7.62. The Labute approximate surface area is 184 Å². The van der Waals surface area contributed by atoms with Crippen molar-refractivity contribution in [3.8, 4) is 0 Å². The van der Waals surface area contributed by atoms with Crippen molar-refractivity contribution >= 4 is 21.6 Å². The minimum absolute atomic E-state index is 0.0430. The third-order valence-electron chi connectivity index (χ3n) is 5.18. The number of carbonyl (C=O) groups is 1. The number of carbonyl (C=O) groups excluding carboxylic acids is 1. The third-order valence-corrected chi connectivity index (χ3v) is 6.98. The number of rotatable bonds is 9. The van der Waals surface area contributed by atoms with Gasteiger partial charge in [0.1, 0.15) is 0 Å². The van der Waals surface area contributed by atoms with Gasteiger partial charge in [0.15, 0.2) is 0 Å². The lowest BCUT2D eigenvalue weighted by Crippen LogP contribution is -2.34. The fraction of sp³-hybridized carbons (Fsp3) is 0.240. The Balaban J connectivity index is 1.54. The van der Waals surface area contributed by atoms with E-state index in [0.29, 0.717) is 5.69 Å². The van der Waals surface area contributed by atoms with Crippen LogP contribution in [0.2, 0.25) is 0 Å². The molecule has 3 aromatic rings. The zero-order chi connectivity index (χ0) is 22.3. The molecule has 0 spiro atoms. The predicted octanol–water partition coefficient (Wildman–Crippen LogP) is 4.19. The second-order valence-corrected chi connectivity index (χ2v) is 9.59. The Morgan fingerprint density at radius 3 is 2.06 bits per heavy atom. The molecule has 31 heavy (non-hydrogen) atoms. The van der Waals surface area contributed by atoms with E-state index in [1.165, 1.54) is 16.9 Å². The van der Waals surface area contributed by atoms with Crippen molar-refractivity contribution in [1.29, 1.82) is 0 Å².